The minimum atomic E-state index is -0.991. The SMILES string of the molecule is CCCCC(CC)COc1cccc2ccc(C3C(=O)c4ccc(Cc5ccc([N+](=O)[O-])cc5)cc4C3=O)nc12. The molecular weight excluding hydrogens is 504 g/mol. The standard InChI is InChI=1S/C33H32N2O5/c1-3-5-7-21(4-2)20-40-29-9-6-8-24-13-17-28(34-31(24)29)30-32(36)26-16-12-23(19-27(26)33(30)37)18-22-10-14-25(15-11-22)35(38)39/h6,8-17,19,21,30H,3-5,7,18,20H2,1-2H3. The number of nitro benzene ring substituents is 1. The van der Waals surface area contributed by atoms with Gasteiger partial charge < -0.3 is 4.74 Å². The second-order valence-corrected chi connectivity index (χ2v) is 10.4. The van der Waals surface area contributed by atoms with Crippen LogP contribution >= 0.6 is 0 Å². The van der Waals surface area contributed by atoms with E-state index in [4.69, 9.17) is 9.72 Å². The molecule has 5 rings (SSSR count). The summed E-state index contributed by atoms with van der Waals surface area (Å²) in [5.41, 5.74) is 3.62. The lowest BCUT2D eigenvalue weighted by molar-refractivity contribution is -0.384. The summed E-state index contributed by atoms with van der Waals surface area (Å²) in [5.74, 6) is -0.379. The van der Waals surface area contributed by atoms with Gasteiger partial charge in [-0.3, -0.25) is 19.7 Å². The molecule has 0 spiro atoms. The fourth-order valence-electron chi connectivity index (χ4n) is 5.31. The molecule has 0 N–H and O–H groups in total. The Morgan fingerprint density at radius 1 is 0.925 bits per heavy atom. The third-order valence-electron chi connectivity index (χ3n) is 7.71. The van der Waals surface area contributed by atoms with Crippen molar-refractivity contribution >= 4 is 28.2 Å². The Morgan fingerprint density at radius 2 is 1.68 bits per heavy atom. The normalized spacial score (nSPS) is 15.3. The van der Waals surface area contributed by atoms with E-state index in [1.807, 2.05) is 30.3 Å². The molecule has 1 heterocycles. The second kappa shape index (κ2) is 11.8. The minimum absolute atomic E-state index is 0.0273. The number of unbranched alkanes of at least 4 members (excludes halogenated alkanes) is 1. The average Bonchev–Trinajstić information content (AvgIpc) is 3.22. The van der Waals surface area contributed by atoms with Crippen molar-refractivity contribution in [2.24, 2.45) is 5.92 Å². The van der Waals surface area contributed by atoms with Gasteiger partial charge in [0.25, 0.3) is 5.69 Å². The van der Waals surface area contributed by atoms with Crippen LogP contribution in [0.5, 0.6) is 5.75 Å². The average molecular weight is 537 g/mol. The Kier molecular flexibility index (Phi) is 8.01. The van der Waals surface area contributed by atoms with E-state index < -0.39 is 10.8 Å². The summed E-state index contributed by atoms with van der Waals surface area (Å²) in [6.07, 6.45) is 4.97. The molecule has 7 nitrogen and oxygen atoms in total. The molecule has 3 aromatic carbocycles. The Balaban J connectivity index is 1.38. The molecule has 0 saturated heterocycles. The summed E-state index contributed by atoms with van der Waals surface area (Å²) in [6, 6.07) is 21.0. The number of hydrogen-bond acceptors (Lipinski definition) is 6. The molecule has 7 heteroatoms. The zero-order valence-electron chi connectivity index (χ0n) is 22.8. The molecule has 2 atom stereocenters. The molecule has 2 unspecified atom stereocenters. The quantitative estimate of drug-likeness (QED) is 0.112. The summed E-state index contributed by atoms with van der Waals surface area (Å²) < 4.78 is 6.23. The fraction of sp³-hybridized carbons (Fsp3) is 0.303. The fourth-order valence-corrected chi connectivity index (χ4v) is 5.31. The maximum atomic E-state index is 13.5. The van der Waals surface area contributed by atoms with Crippen molar-refractivity contribution in [1.82, 2.24) is 4.98 Å². The second-order valence-electron chi connectivity index (χ2n) is 10.4. The third kappa shape index (κ3) is 5.50. The van der Waals surface area contributed by atoms with Gasteiger partial charge in [-0.25, -0.2) is 4.98 Å². The van der Waals surface area contributed by atoms with Gasteiger partial charge in [0.2, 0.25) is 0 Å². The number of para-hydroxylation sites is 1. The lowest BCUT2D eigenvalue weighted by atomic mass is 9.98. The number of rotatable bonds is 11. The summed E-state index contributed by atoms with van der Waals surface area (Å²) in [4.78, 5) is 42.2. The van der Waals surface area contributed by atoms with Crippen LogP contribution in [0.1, 0.15) is 83.0 Å². The van der Waals surface area contributed by atoms with Gasteiger partial charge in [0.15, 0.2) is 11.6 Å². The van der Waals surface area contributed by atoms with Gasteiger partial charge >= 0.3 is 0 Å². The molecule has 0 amide bonds. The van der Waals surface area contributed by atoms with Gasteiger partial charge in [0, 0.05) is 28.6 Å². The minimum Gasteiger partial charge on any atom is -0.491 e. The predicted molar refractivity (Wildman–Crippen MR) is 154 cm³/mol. The number of pyridine rings is 1. The van der Waals surface area contributed by atoms with E-state index in [0.29, 0.717) is 47.0 Å². The Bertz CT molecular complexity index is 1580. The predicted octanol–water partition coefficient (Wildman–Crippen LogP) is 7.49. The van der Waals surface area contributed by atoms with Gasteiger partial charge in [-0.1, -0.05) is 75.6 Å². The van der Waals surface area contributed by atoms with Crippen molar-refractivity contribution < 1.29 is 19.2 Å². The third-order valence-corrected chi connectivity index (χ3v) is 7.71. The molecule has 1 aliphatic rings. The highest BCUT2D eigenvalue weighted by Gasteiger charge is 2.40. The van der Waals surface area contributed by atoms with Gasteiger partial charge in [-0.2, -0.15) is 0 Å². The van der Waals surface area contributed by atoms with Crippen LogP contribution in [-0.4, -0.2) is 28.1 Å². The molecule has 0 fully saturated rings. The van der Waals surface area contributed by atoms with Crippen molar-refractivity contribution in [2.75, 3.05) is 6.61 Å². The molecule has 0 radical (unpaired) electrons. The number of ether oxygens (including phenoxy) is 1. The highest BCUT2D eigenvalue weighted by Crippen LogP contribution is 2.36. The lowest BCUT2D eigenvalue weighted by Crippen LogP contribution is -2.15. The number of benzene rings is 3. The first-order valence-electron chi connectivity index (χ1n) is 13.9. The number of ketones is 2. The van der Waals surface area contributed by atoms with E-state index in [1.165, 1.54) is 18.6 Å². The number of non-ortho nitro benzene ring substituents is 1. The van der Waals surface area contributed by atoms with Crippen LogP contribution in [0.3, 0.4) is 0 Å². The molecular formula is C33H32N2O5. The number of fused-ring (bicyclic) bond motifs is 2. The van der Waals surface area contributed by atoms with E-state index in [-0.39, 0.29) is 17.3 Å². The highest BCUT2D eigenvalue weighted by molar-refractivity contribution is 6.29. The Hall–Kier alpha value is -4.39. The van der Waals surface area contributed by atoms with Gasteiger partial charge in [0.1, 0.15) is 17.2 Å². The number of carbonyl (C=O) groups excluding carboxylic acids is 2. The zero-order chi connectivity index (χ0) is 28.2. The van der Waals surface area contributed by atoms with E-state index in [1.54, 1.807) is 30.3 Å². The highest BCUT2D eigenvalue weighted by atomic mass is 16.6. The molecule has 204 valence electrons. The first-order chi connectivity index (χ1) is 19.4. The summed E-state index contributed by atoms with van der Waals surface area (Å²) in [6.45, 7) is 4.97. The smallest absolute Gasteiger partial charge is 0.269 e. The van der Waals surface area contributed by atoms with Gasteiger partial charge in [-0.05, 0) is 48.1 Å². The van der Waals surface area contributed by atoms with Crippen molar-refractivity contribution in [3.8, 4) is 5.75 Å². The number of nitro groups is 1. The topological polar surface area (TPSA) is 99.4 Å². The van der Waals surface area contributed by atoms with Crippen LogP contribution in [0.4, 0.5) is 5.69 Å². The number of carbonyl (C=O) groups is 2. The maximum Gasteiger partial charge on any atom is 0.269 e. The van der Waals surface area contributed by atoms with Crippen LogP contribution in [0, 0.1) is 16.0 Å². The molecule has 4 aromatic rings. The monoisotopic (exact) mass is 536 g/mol. The van der Waals surface area contributed by atoms with Crippen LogP contribution in [0.2, 0.25) is 0 Å². The Labute approximate surface area is 233 Å². The van der Waals surface area contributed by atoms with Crippen molar-refractivity contribution in [3.63, 3.8) is 0 Å². The number of Topliss-reactive ketones (excluding diaryl/α,β-unsaturated/α-hetero) is 2. The van der Waals surface area contributed by atoms with E-state index >= 15 is 0 Å². The Morgan fingerprint density at radius 3 is 2.40 bits per heavy atom. The maximum absolute atomic E-state index is 13.5. The van der Waals surface area contributed by atoms with E-state index in [2.05, 4.69) is 13.8 Å². The number of hydrogen-bond donors (Lipinski definition) is 0. The van der Waals surface area contributed by atoms with Crippen LogP contribution in [0.15, 0.2) is 72.8 Å². The van der Waals surface area contributed by atoms with Crippen molar-refractivity contribution in [3.05, 3.63) is 111 Å². The molecule has 1 aromatic heterocycles. The molecule has 0 aliphatic heterocycles. The lowest BCUT2D eigenvalue weighted by Gasteiger charge is -2.17. The van der Waals surface area contributed by atoms with Gasteiger partial charge in [0.05, 0.1) is 17.2 Å². The van der Waals surface area contributed by atoms with E-state index in [0.717, 1.165) is 35.8 Å². The zero-order valence-corrected chi connectivity index (χ0v) is 22.8. The van der Waals surface area contributed by atoms with Crippen LogP contribution < -0.4 is 4.74 Å². The molecule has 1 aliphatic carbocycles. The number of aromatic nitrogens is 1. The van der Waals surface area contributed by atoms with Crippen molar-refractivity contribution in [2.45, 2.75) is 51.9 Å². The van der Waals surface area contributed by atoms with Crippen LogP contribution in [-0.2, 0) is 6.42 Å². The summed E-state index contributed by atoms with van der Waals surface area (Å²) in [5, 5.41) is 11.8. The molecule has 40 heavy (non-hydrogen) atoms. The first kappa shape index (κ1) is 27.2. The van der Waals surface area contributed by atoms with Crippen LogP contribution in [0.25, 0.3) is 10.9 Å². The van der Waals surface area contributed by atoms with E-state index in [9.17, 15) is 19.7 Å². The first-order valence-corrected chi connectivity index (χ1v) is 13.9. The molecule has 0 saturated carbocycles. The number of nitrogens with zero attached hydrogens (tertiary/aromatic N) is 2. The van der Waals surface area contributed by atoms with Gasteiger partial charge in [-0.15, -0.1) is 0 Å². The molecule has 0 bridgehead atoms. The van der Waals surface area contributed by atoms with Crippen molar-refractivity contribution in [1.29, 1.82) is 0 Å². The largest absolute Gasteiger partial charge is 0.491 e. The summed E-state index contributed by atoms with van der Waals surface area (Å²) in [7, 11) is 0. The summed E-state index contributed by atoms with van der Waals surface area (Å²) >= 11 is 0.